The molecule has 4 rings (SSSR count). The number of hydrogen-bond acceptors (Lipinski definition) is 6. The molecule has 1 aliphatic rings. The molecule has 1 aliphatic heterocycles. The van der Waals surface area contributed by atoms with E-state index in [1.54, 1.807) is 6.33 Å². The summed E-state index contributed by atoms with van der Waals surface area (Å²) in [4.78, 5) is 20.2. The van der Waals surface area contributed by atoms with Crippen LogP contribution in [0, 0.1) is 6.92 Å². The Morgan fingerprint density at radius 2 is 1.96 bits per heavy atom. The highest BCUT2D eigenvalue weighted by Gasteiger charge is 2.25. The minimum absolute atomic E-state index is 0.123. The lowest BCUT2D eigenvalue weighted by Crippen LogP contribution is -2.32. The number of nitrogens with zero attached hydrogens (tertiary/aromatic N) is 7. The van der Waals surface area contributed by atoms with E-state index in [1.165, 1.54) is 5.56 Å². The number of rotatable bonds is 1. The summed E-state index contributed by atoms with van der Waals surface area (Å²) < 4.78 is 1.97. The fourth-order valence-corrected chi connectivity index (χ4v) is 3.16. The van der Waals surface area contributed by atoms with Crippen molar-refractivity contribution < 1.29 is 0 Å². The zero-order valence-electron chi connectivity index (χ0n) is 14.5. The molecule has 0 saturated carbocycles. The Bertz CT molecular complexity index is 907. The van der Waals surface area contributed by atoms with Gasteiger partial charge in [0.15, 0.2) is 5.65 Å². The van der Waals surface area contributed by atoms with Gasteiger partial charge in [0, 0.05) is 12.7 Å². The zero-order valence-corrected chi connectivity index (χ0v) is 14.5. The molecule has 0 fully saturated rings. The molecule has 0 radical (unpaired) electrons. The van der Waals surface area contributed by atoms with Gasteiger partial charge in [-0.05, 0) is 39.7 Å². The number of aryl methyl sites for hydroxylation is 1. The molecule has 7 heteroatoms. The van der Waals surface area contributed by atoms with Gasteiger partial charge in [-0.1, -0.05) is 0 Å². The molecule has 24 heavy (non-hydrogen) atoms. The summed E-state index contributed by atoms with van der Waals surface area (Å²) in [7, 11) is 0. The molecule has 0 spiro atoms. The average Bonchev–Trinajstić information content (AvgIpc) is 2.97. The van der Waals surface area contributed by atoms with Crippen LogP contribution in [0.4, 0.5) is 5.82 Å². The monoisotopic (exact) mass is 323 g/mol. The van der Waals surface area contributed by atoms with Crippen LogP contribution in [0.3, 0.4) is 0 Å². The van der Waals surface area contributed by atoms with E-state index in [-0.39, 0.29) is 5.54 Å². The van der Waals surface area contributed by atoms with Crippen LogP contribution in [-0.4, -0.2) is 36.3 Å². The standard InChI is InChI=1S/C17H21N7/c1-11-21-15(13-8-20-24(16(13)22-11)17(2,3)4)23-6-5-12-7-18-10-19-14(12)9-23/h7-8,10H,5-6,9H2,1-4H3. The number of aromatic nitrogens is 6. The number of hydrogen-bond donors (Lipinski definition) is 0. The molecule has 0 saturated heterocycles. The molecule has 0 amide bonds. The van der Waals surface area contributed by atoms with Gasteiger partial charge in [0.05, 0.1) is 29.4 Å². The van der Waals surface area contributed by atoms with Gasteiger partial charge in [-0.2, -0.15) is 5.10 Å². The van der Waals surface area contributed by atoms with Crippen molar-refractivity contribution in [3.05, 3.63) is 35.8 Å². The highest BCUT2D eigenvalue weighted by atomic mass is 15.3. The Morgan fingerprint density at radius 3 is 2.75 bits per heavy atom. The van der Waals surface area contributed by atoms with E-state index in [1.807, 2.05) is 24.0 Å². The number of anilines is 1. The molecule has 0 atom stereocenters. The summed E-state index contributed by atoms with van der Waals surface area (Å²) >= 11 is 0. The third kappa shape index (κ3) is 2.40. The first-order valence-electron chi connectivity index (χ1n) is 8.19. The van der Waals surface area contributed by atoms with E-state index in [2.05, 4.69) is 45.7 Å². The molecule has 7 nitrogen and oxygen atoms in total. The fraction of sp³-hybridized carbons (Fsp3) is 0.471. The predicted molar refractivity (Wildman–Crippen MR) is 91.8 cm³/mol. The van der Waals surface area contributed by atoms with Crippen LogP contribution < -0.4 is 4.90 Å². The zero-order chi connectivity index (χ0) is 16.9. The first-order chi connectivity index (χ1) is 11.4. The van der Waals surface area contributed by atoms with E-state index in [4.69, 9.17) is 4.98 Å². The van der Waals surface area contributed by atoms with Crippen LogP contribution in [0.5, 0.6) is 0 Å². The van der Waals surface area contributed by atoms with Crippen molar-refractivity contribution >= 4 is 16.9 Å². The maximum Gasteiger partial charge on any atom is 0.164 e. The third-order valence-corrected chi connectivity index (χ3v) is 4.33. The van der Waals surface area contributed by atoms with E-state index in [9.17, 15) is 0 Å². The van der Waals surface area contributed by atoms with Crippen molar-refractivity contribution in [1.29, 1.82) is 0 Å². The highest BCUT2D eigenvalue weighted by molar-refractivity contribution is 5.87. The lowest BCUT2D eigenvalue weighted by atomic mass is 10.1. The molecule has 3 aromatic heterocycles. The van der Waals surface area contributed by atoms with Crippen LogP contribution >= 0.6 is 0 Å². The van der Waals surface area contributed by atoms with E-state index >= 15 is 0 Å². The van der Waals surface area contributed by atoms with Gasteiger partial charge in [0.25, 0.3) is 0 Å². The lowest BCUT2D eigenvalue weighted by molar-refractivity contribution is 0.365. The second-order valence-corrected chi connectivity index (χ2v) is 7.23. The van der Waals surface area contributed by atoms with Crippen molar-refractivity contribution in [2.45, 2.75) is 46.2 Å². The Balaban J connectivity index is 1.82. The Labute approximate surface area is 140 Å². The Kier molecular flexibility index (Phi) is 3.26. The van der Waals surface area contributed by atoms with Crippen molar-refractivity contribution in [1.82, 2.24) is 29.7 Å². The second-order valence-electron chi connectivity index (χ2n) is 7.23. The topological polar surface area (TPSA) is 72.6 Å². The van der Waals surface area contributed by atoms with Crippen LogP contribution in [0.1, 0.15) is 37.9 Å². The van der Waals surface area contributed by atoms with Crippen molar-refractivity contribution in [2.75, 3.05) is 11.4 Å². The molecule has 0 aromatic carbocycles. The molecule has 4 heterocycles. The summed E-state index contributed by atoms with van der Waals surface area (Å²) in [6.45, 7) is 9.96. The first-order valence-corrected chi connectivity index (χ1v) is 8.19. The second kappa shape index (κ2) is 5.22. The average molecular weight is 323 g/mol. The van der Waals surface area contributed by atoms with E-state index in [0.717, 1.165) is 47.9 Å². The maximum absolute atomic E-state index is 4.71. The van der Waals surface area contributed by atoms with Gasteiger partial charge in [0.1, 0.15) is 18.0 Å². The molecule has 3 aromatic rings. The molecule has 124 valence electrons. The SMILES string of the molecule is Cc1nc(N2CCc3cncnc3C2)c2cnn(C(C)(C)C)c2n1. The van der Waals surface area contributed by atoms with Gasteiger partial charge >= 0.3 is 0 Å². The molecule has 0 N–H and O–H groups in total. The lowest BCUT2D eigenvalue weighted by Gasteiger charge is -2.29. The van der Waals surface area contributed by atoms with Gasteiger partial charge in [-0.15, -0.1) is 0 Å². The van der Waals surface area contributed by atoms with Crippen LogP contribution in [0.25, 0.3) is 11.0 Å². The van der Waals surface area contributed by atoms with Gasteiger partial charge in [-0.25, -0.2) is 24.6 Å². The summed E-state index contributed by atoms with van der Waals surface area (Å²) in [6, 6.07) is 0. The number of fused-ring (bicyclic) bond motifs is 2. The first kappa shape index (κ1) is 15.0. The van der Waals surface area contributed by atoms with Gasteiger partial charge in [0.2, 0.25) is 0 Å². The maximum atomic E-state index is 4.71. The predicted octanol–water partition coefficient (Wildman–Crippen LogP) is 2.24. The van der Waals surface area contributed by atoms with Crippen molar-refractivity contribution in [3.8, 4) is 0 Å². The summed E-state index contributed by atoms with van der Waals surface area (Å²) in [6.07, 6.45) is 6.33. The summed E-state index contributed by atoms with van der Waals surface area (Å²) in [5, 5.41) is 5.56. The van der Waals surface area contributed by atoms with Crippen LogP contribution in [-0.2, 0) is 18.5 Å². The third-order valence-electron chi connectivity index (χ3n) is 4.33. The Morgan fingerprint density at radius 1 is 1.12 bits per heavy atom. The summed E-state index contributed by atoms with van der Waals surface area (Å²) in [5.41, 5.74) is 3.06. The molecule has 0 aliphatic carbocycles. The molecular weight excluding hydrogens is 302 g/mol. The molecular formula is C17H21N7. The Hall–Kier alpha value is -2.57. The smallest absolute Gasteiger partial charge is 0.164 e. The van der Waals surface area contributed by atoms with Gasteiger partial charge < -0.3 is 4.90 Å². The molecule has 0 bridgehead atoms. The quantitative estimate of drug-likeness (QED) is 0.684. The summed E-state index contributed by atoms with van der Waals surface area (Å²) in [5.74, 6) is 1.70. The fourth-order valence-electron chi connectivity index (χ4n) is 3.16. The normalized spacial score (nSPS) is 14.9. The van der Waals surface area contributed by atoms with Crippen molar-refractivity contribution in [2.24, 2.45) is 0 Å². The van der Waals surface area contributed by atoms with Gasteiger partial charge in [-0.3, -0.25) is 0 Å². The largest absolute Gasteiger partial charge is 0.350 e. The molecule has 0 unspecified atom stereocenters. The minimum Gasteiger partial charge on any atom is -0.350 e. The van der Waals surface area contributed by atoms with E-state index in [0.29, 0.717) is 0 Å². The minimum atomic E-state index is -0.123. The highest BCUT2D eigenvalue weighted by Crippen LogP contribution is 2.30. The van der Waals surface area contributed by atoms with E-state index < -0.39 is 0 Å². The van der Waals surface area contributed by atoms with Crippen LogP contribution in [0.2, 0.25) is 0 Å². The van der Waals surface area contributed by atoms with Crippen LogP contribution in [0.15, 0.2) is 18.7 Å². The van der Waals surface area contributed by atoms with Crippen molar-refractivity contribution in [3.63, 3.8) is 0 Å².